The van der Waals surface area contributed by atoms with Crippen LogP contribution >= 0.6 is 12.2 Å². The highest BCUT2D eigenvalue weighted by Crippen LogP contribution is 2.22. The van der Waals surface area contributed by atoms with E-state index in [0.717, 1.165) is 22.3 Å². The van der Waals surface area contributed by atoms with Crippen LogP contribution in [0.4, 0.5) is 0 Å². The van der Waals surface area contributed by atoms with E-state index in [-0.39, 0.29) is 0 Å². The first-order valence-electron chi connectivity index (χ1n) is 7.06. The minimum absolute atomic E-state index is 0.309. The number of nitrogens with one attached hydrogen (secondary N) is 1. The van der Waals surface area contributed by atoms with Crippen molar-refractivity contribution in [1.82, 2.24) is 14.5 Å². The molecule has 3 rings (SSSR count). The minimum Gasteiger partial charge on any atom is -0.331 e. The minimum atomic E-state index is 0.309. The average Bonchev–Trinajstić information content (AvgIpc) is 3.04. The van der Waals surface area contributed by atoms with Gasteiger partial charge in [-0.1, -0.05) is 0 Å². The zero-order valence-corrected chi connectivity index (χ0v) is 12.4. The molecule has 1 aromatic carbocycles. The molecule has 0 radical (unpaired) electrons. The van der Waals surface area contributed by atoms with Gasteiger partial charge in [0, 0.05) is 12.6 Å². The largest absolute Gasteiger partial charge is 0.331 e. The molecule has 20 heavy (non-hydrogen) atoms. The van der Waals surface area contributed by atoms with E-state index in [1.54, 1.807) is 0 Å². The molecule has 1 fully saturated rings. The third-order valence-electron chi connectivity index (χ3n) is 4.01. The van der Waals surface area contributed by atoms with E-state index in [4.69, 9.17) is 17.5 Å². The van der Waals surface area contributed by atoms with Gasteiger partial charge in [-0.05, 0) is 63.3 Å². The van der Waals surface area contributed by atoms with E-state index in [2.05, 4.69) is 27.4 Å². The quantitative estimate of drug-likeness (QED) is 0.881. The number of benzene rings is 1. The number of likely N-dealkylation sites (tertiary alicyclic amines) is 1. The van der Waals surface area contributed by atoms with Gasteiger partial charge in [-0.3, -0.25) is 0 Å². The summed E-state index contributed by atoms with van der Waals surface area (Å²) in [4.78, 5) is 5.72. The van der Waals surface area contributed by atoms with Crippen molar-refractivity contribution in [1.29, 1.82) is 5.26 Å². The van der Waals surface area contributed by atoms with Crippen LogP contribution in [0.15, 0.2) is 18.2 Å². The smallest absolute Gasteiger partial charge is 0.178 e. The third kappa shape index (κ3) is 2.37. The Balaban J connectivity index is 1.98. The molecule has 1 saturated heterocycles. The van der Waals surface area contributed by atoms with Crippen LogP contribution in [0.1, 0.15) is 31.4 Å². The second kappa shape index (κ2) is 5.39. The summed E-state index contributed by atoms with van der Waals surface area (Å²) >= 11 is 5.46. The van der Waals surface area contributed by atoms with E-state index in [9.17, 15) is 0 Å². The summed E-state index contributed by atoms with van der Waals surface area (Å²) in [6.07, 6.45) is 2.59. The Morgan fingerprint density at radius 2 is 2.15 bits per heavy atom. The maximum absolute atomic E-state index is 9.06. The lowest BCUT2D eigenvalue weighted by Crippen LogP contribution is -2.27. The number of nitriles is 1. The number of imidazole rings is 1. The summed E-state index contributed by atoms with van der Waals surface area (Å²) < 4.78 is 2.88. The van der Waals surface area contributed by atoms with Gasteiger partial charge in [0.05, 0.1) is 22.7 Å². The molecular weight excluding hydrogens is 268 g/mol. The lowest BCUT2D eigenvalue weighted by molar-refractivity contribution is 0.289. The van der Waals surface area contributed by atoms with Crippen LogP contribution in [-0.4, -0.2) is 34.1 Å². The summed E-state index contributed by atoms with van der Waals surface area (Å²) in [6, 6.07) is 8.18. The summed E-state index contributed by atoms with van der Waals surface area (Å²) in [5, 5.41) is 9.06. The molecule has 2 aromatic rings. The molecule has 2 heterocycles. The van der Waals surface area contributed by atoms with Crippen molar-refractivity contribution in [3.05, 3.63) is 28.5 Å². The normalized spacial score (nSPS) is 17.4. The first kappa shape index (κ1) is 13.3. The highest BCUT2D eigenvalue weighted by molar-refractivity contribution is 7.71. The molecule has 1 unspecified atom stereocenters. The Bertz CT molecular complexity index is 716. The summed E-state index contributed by atoms with van der Waals surface area (Å²) in [7, 11) is 0. The van der Waals surface area contributed by atoms with E-state index >= 15 is 0 Å². The fourth-order valence-corrected chi connectivity index (χ4v) is 3.44. The fraction of sp³-hybridized carbons (Fsp3) is 0.467. The van der Waals surface area contributed by atoms with Gasteiger partial charge in [0.25, 0.3) is 0 Å². The molecule has 0 aliphatic carbocycles. The van der Waals surface area contributed by atoms with Crippen LogP contribution in [0, 0.1) is 16.1 Å². The molecule has 0 saturated carbocycles. The number of aromatic nitrogens is 2. The maximum Gasteiger partial charge on any atom is 0.178 e. The molecule has 1 N–H and O–H groups in total. The lowest BCUT2D eigenvalue weighted by atomic mass is 10.2. The molecule has 0 bridgehead atoms. The van der Waals surface area contributed by atoms with Crippen molar-refractivity contribution in [2.75, 3.05) is 19.6 Å². The number of nitrogens with zero attached hydrogens (tertiary/aromatic N) is 3. The molecular formula is C15H18N4S. The standard InChI is InChI=1S/C15H18N4S/c1-11(10-18-6-2-3-7-18)19-14-8-12(9-16)4-5-13(14)17-15(19)20/h4-5,8,11H,2-3,6-7,10H2,1H3,(H,17,20). The molecule has 0 amide bonds. The Hall–Kier alpha value is -1.64. The monoisotopic (exact) mass is 286 g/mol. The first-order chi connectivity index (χ1) is 9.69. The van der Waals surface area contributed by atoms with Crippen molar-refractivity contribution in [2.45, 2.75) is 25.8 Å². The summed E-state index contributed by atoms with van der Waals surface area (Å²) in [5.74, 6) is 0. The predicted octanol–water partition coefficient (Wildman–Crippen LogP) is 3.23. The van der Waals surface area contributed by atoms with Crippen molar-refractivity contribution < 1.29 is 0 Å². The Morgan fingerprint density at radius 3 is 2.85 bits per heavy atom. The van der Waals surface area contributed by atoms with E-state index in [1.807, 2.05) is 18.2 Å². The number of H-pyrrole nitrogens is 1. The van der Waals surface area contributed by atoms with E-state index in [1.165, 1.54) is 25.9 Å². The average molecular weight is 286 g/mol. The van der Waals surface area contributed by atoms with Crippen molar-refractivity contribution in [3.63, 3.8) is 0 Å². The second-order valence-electron chi connectivity index (χ2n) is 5.50. The third-order valence-corrected chi connectivity index (χ3v) is 4.31. The van der Waals surface area contributed by atoms with E-state index in [0.29, 0.717) is 11.6 Å². The predicted molar refractivity (Wildman–Crippen MR) is 82.2 cm³/mol. The molecule has 5 heteroatoms. The van der Waals surface area contributed by atoms with Crippen LogP contribution < -0.4 is 0 Å². The highest BCUT2D eigenvalue weighted by atomic mass is 32.1. The zero-order chi connectivity index (χ0) is 14.1. The van der Waals surface area contributed by atoms with Gasteiger partial charge in [0.2, 0.25) is 0 Å². The van der Waals surface area contributed by atoms with Crippen LogP contribution in [0.3, 0.4) is 0 Å². The maximum atomic E-state index is 9.06. The molecule has 1 atom stereocenters. The van der Waals surface area contributed by atoms with Gasteiger partial charge >= 0.3 is 0 Å². The number of hydrogen-bond donors (Lipinski definition) is 1. The first-order valence-corrected chi connectivity index (χ1v) is 7.46. The van der Waals surface area contributed by atoms with Gasteiger partial charge in [0.15, 0.2) is 4.77 Å². The highest BCUT2D eigenvalue weighted by Gasteiger charge is 2.18. The number of rotatable bonds is 3. The van der Waals surface area contributed by atoms with Gasteiger partial charge in [-0.25, -0.2) is 0 Å². The number of fused-ring (bicyclic) bond motifs is 1. The molecule has 104 valence electrons. The summed E-state index contributed by atoms with van der Waals surface area (Å²) in [5.41, 5.74) is 2.71. The fourth-order valence-electron chi connectivity index (χ4n) is 3.05. The SMILES string of the molecule is CC(CN1CCCC1)n1c(=S)[nH]c2ccc(C#N)cc21. The molecule has 1 aliphatic heterocycles. The van der Waals surface area contributed by atoms with Gasteiger partial charge in [-0.15, -0.1) is 0 Å². The van der Waals surface area contributed by atoms with E-state index < -0.39 is 0 Å². The zero-order valence-electron chi connectivity index (χ0n) is 11.6. The van der Waals surface area contributed by atoms with Crippen molar-refractivity contribution in [3.8, 4) is 6.07 Å². The molecule has 1 aliphatic rings. The van der Waals surface area contributed by atoms with Crippen LogP contribution in [0.5, 0.6) is 0 Å². The lowest BCUT2D eigenvalue weighted by Gasteiger charge is -2.21. The molecule has 0 spiro atoms. The Labute approximate surface area is 123 Å². The Morgan fingerprint density at radius 1 is 1.40 bits per heavy atom. The Kier molecular flexibility index (Phi) is 3.60. The second-order valence-corrected chi connectivity index (χ2v) is 5.89. The van der Waals surface area contributed by atoms with Gasteiger partial charge in [-0.2, -0.15) is 5.26 Å². The van der Waals surface area contributed by atoms with Gasteiger partial charge < -0.3 is 14.5 Å². The van der Waals surface area contributed by atoms with Crippen LogP contribution in [0.25, 0.3) is 11.0 Å². The number of hydrogen-bond acceptors (Lipinski definition) is 3. The molecule has 1 aromatic heterocycles. The van der Waals surface area contributed by atoms with Gasteiger partial charge in [0.1, 0.15) is 0 Å². The number of aromatic amines is 1. The van der Waals surface area contributed by atoms with Crippen LogP contribution in [-0.2, 0) is 0 Å². The van der Waals surface area contributed by atoms with Crippen molar-refractivity contribution >= 4 is 23.3 Å². The topological polar surface area (TPSA) is 47.8 Å². The summed E-state index contributed by atoms with van der Waals surface area (Å²) in [6.45, 7) is 5.57. The molecule has 4 nitrogen and oxygen atoms in total. The van der Waals surface area contributed by atoms with Crippen molar-refractivity contribution in [2.24, 2.45) is 0 Å². The van der Waals surface area contributed by atoms with Crippen LogP contribution in [0.2, 0.25) is 0 Å².